The number of hydrogen-bond acceptors (Lipinski definition) is 3. The van der Waals surface area contributed by atoms with E-state index in [1.807, 2.05) is 30.0 Å². The van der Waals surface area contributed by atoms with E-state index in [1.54, 1.807) is 0 Å². The standard InChI is InChI=1S/C16H19BrN2O2/c1-9-13-8-12(17)4-5-14(13)21-15(9)16(20)19-7-6-18-10(2)11(19)3/h4-5,8,10-11,18H,6-7H2,1-3H3. The molecule has 1 aliphatic heterocycles. The van der Waals surface area contributed by atoms with Crippen molar-refractivity contribution in [1.29, 1.82) is 0 Å². The molecule has 1 N–H and O–H groups in total. The Morgan fingerprint density at radius 1 is 1.43 bits per heavy atom. The maximum Gasteiger partial charge on any atom is 0.290 e. The predicted octanol–water partition coefficient (Wildman–Crippen LogP) is 3.33. The van der Waals surface area contributed by atoms with Gasteiger partial charge < -0.3 is 14.6 Å². The summed E-state index contributed by atoms with van der Waals surface area (Å²) in [6, 6.07) is 6.27. The zero-order valence-corrected chi connectivity index (χ0v) is 14.0. The lowest BCUT2D eigenvalue weighted by Crippen LogP contribution is -2.57. The fourth-order valence-electron chi connectivity index (χ4n) is 2.87. The molecule has 1 aliphatic rings. The third-order valence-corrected chi connectivity index (χ3v) is 4.88. The summed E-state index contributed by atoms with van der Waals surface area (Å²) >= 11 is 3.46. The number of fused-ring (bicyclic) bond motifs is 1. The Morgan fingerprint density at radius 2 is 2.19 bits per heavy atom. The first kappa shape index (κ1) is 14.6. The molecule has 1 aromatic heterocycles. The monoisotopic (exact) mass is 350 g/mol. The molecule has 2 atom stereocenters. The van der Waals surface area contributed by atoms with Gasteiger partial charge in [-0.25, -0.2) is 0 Å². The van der Waals surface area contributed by atoms with Gasteiger partial charge in [0.25, 0.3) is 5.91 Å². The van der Waals surface area contributed by atoms with E-state index < -0.39 is 0 Å². The van der Waals surface area contributed by atoms with E-state index in [1.165, 1.54) is 0 Å². The minimum atomic E-state index is -0.0133. The van der Waals surface area contributed by atoms with Crippen LogP contribution in [-0.2, 0) is 0 Å². The fraction of sp³-hybridized carbons (Fsp3) is 0.438. The Kier molecular flexibility index (Phi) is 3.80. The summed E-state index contributed by atoms with van der Waals surface area (Å²) in [5.41, 5.74) is 1.67. The van der Waals surface area contributed by atoms with Crippen molar-refractivity contribution in [3.8, 4) is 0 Å². The van der Waals surface area contributed by atoms with Crippen LogP contribution in [0.3, 0.4) is 0 Å². The highest BCUT2D eigenvalue weighted by atomic mass is 79.9. The average Bonchev–Trinajstić information content (AvgIpc) is 2.78. The third kappa shape index (κ3) is 2.49. The average molecular weight is 351 g/mol. The number of amides is 1. The van der Waals surface area contributed by atoms with Crippen molar-refractivity contribution in [2.45, 2.75) is 32.9 Å². The predicted molar refractivity (Wildman–Crippen MR) is 86.6 cm³/mol. The zero-order chi connectivity index (χ0) is 15.1. The quantitative estimate of drug-likeness (QED) is 0.857. The first-order valence-corrected chi connectivity index (χ1v) is 8.01. The molecule has 1 saturated heterocycles. The van der Waals surface area contributed by atoms with Crippen molar-refractivity contribution in [3.05, 3.63) is 34.0 Å². The van der Waals surface area contributed by atoms with Gasteiger partial charge in [-0.05, 0) is 39.0 Å². The summed E-state index contributed by atoms with van der Waals surface area (Å²) in [5, 5.41) is 4.38. The van der Waals surface area contributed by atoms with E-state index >= 15 is 0 Å². The largest absolute Gasteiger partial charge is 0.451 e. The normalized spacial score (nSPS) is 22.8. The lowest BCUT2D eigenvalue weighted by Gasteiger charge is -2.38. The second-order valence-electron chi connectivity index (χ2n) is 5.68. The van der Waals surface area contributed by atoms with Gasteiger partial charge in [-0.3, -0.25) is 4.79 Å². The number of carbonyl (C=O) groups is 1. The third-order valence-electron chi connectivity index (χ3n) is 4.39. The lowest BCUT2D eigenvalue weighted by molar-refractivity contribution is 0.0572. The number of nitrogens with zero attached hydrogens (tertiary/aromatic N) is 1. The second-order valence-corrected chi connectivity index (χ2v) is 6.59. The Morgan fingerprint density at radius 3 is 2.95 bits per heavy atom. The van der Waals surface area contributed by atoms with E-state index in [2.05, 4.69) is 35.1 Å². The minimum absolute atomic E-state index is 0.0133. The maximum atomic E-state index is 12.8. The van der Waals surface area contributed by atoms with Crippen LogP contribution < -0.4 is 5.32 Å². The van der Waals surface area contributed by atoms with E-state index in [0.717, 1.165) is 27.6 Å². The van der Waals surface area contributed by atoms with Gasteiger partial charge in [0.2, 0.25) is 0 Å². The Hall–Kier alpha value is -1.33. The number of hydrogen-bond donors (Lipinski definition) is 1. The molecule has 2 aromatic rings. The van der Waals surface area contributed by atoms with Crippen molar-refractivity contribution in [2.24, 2.45) is 0 Å². The van der Waals surface area contributed by atoms with Crippen LogP contribution in [0.1, 0.15) is 30.0 Å². The molecular weight excluding hydrogens is 332 g/mol. The van der Waals surface area contributed by atoms with Crippen LogP contribution in [0.15, 0.2) is 27.1 Å². The van der Waals surface area contributed by atoms with Gasteiger partial charge in [-0.1, -0.05) is 15.9 Å². The maximum absolute atomic E-state index is 12.8. The summed E-state index contributed by atoms with van der Waals surface area (Å²) in [6.45, 7) is 7.66. The summed E-state index contributed by atoms with van der Waals surface area (Å²) in [5.74, 6) is 0.449. The van der Waals surface area contributed by atoms with Crippen LogP contribution in [0.25, 0.3) is 11.0 Å². The highest BCUT2D eigenvalue weighted by Gasteiger charge is 2.31. The van der Waals surface area contributed by atoms with Gasteiger partial charge in [0.15, 0.2) is 5.76 Å². The summed E-state index contributed by atoms with van der Waals surface area (Å²) in [4.78, 5) is 14.7. The molecule has 0 spiro atoms. The topological polar surface area (TPSA) is 45.5 Å². The van der Waals surface area contributed by atoms with Crippen LogP contribution in [0.4, 0.5) is 0 Å². The molecule has 0 aliphatic carbocycles. The SMILES string of the molecule is Cc1c(C(=O)N2CCNC(C)C2C)oc2ccc(Br)cc12. The van der Waals surface area contributed by atoms with Crippen molar-refractivity contribution in [3.63, 3.8) is 0 Å². The molecule has 3 rings (SSSR count). The number of nitrogens with one attached hydrogen (secondary N) is 1. The molecule has 1 amide bonds. The van der Waals surface area contributed by atoms with Gasteiger partial charge in [0.05, 0.1) is 0 Å². The van der Waals surface area contributed by atoms with Gasteiger partial charge >= 0.3 is 0 Å². The van der Waals surface area contributed by atoms with Crippen LogP contribution in [0.5, 0.6) is 0 Å². The molecule has 1 aromatic carbocycles. The molecule has 0 bridgehead atoms. The molecule has 112 valence electrons. The number of furan rings is 1. The smallest absolute Gasteiger partial charge is 0.290 e. The van der Waals surface area contributed by atoms with Crippen LogP contribution >= 0.6 is 15.9 Å². The summed E-state index contributed by atoms with van der Waals surface area (Å²) < 4.78 is 6.81. The Labute approximate surface area is 132 Å². The number of piperazine rings is 1. The van der Waals surface area contributed by atoms with E-state index in [4.69, 9.17) is 4.42 Å². The van der Waals surface area contributed by atoms with Crippen LogP contribution in [0.2, 0.25) is 0 Å². The van der Waals surface area contributed by atoms with Gasteiger partial charge in [0, 0.05) is 40.6 Å². The molecule has 2 heterocycles. The molecule has 0 saturated carbocycles. The van der Waals surface area contributed by atoms with E-state index in [-0.39, 0.29) is 11.9 Å². The first-order chi connectivity index (χ1) is 9.99. The molecular formula is C16H19BrN2O2. The molecule has 4 nitrogen and oxygen atoms in total. The van der Waals surface area contributed by atoms with Gasteiger partial charge in [-0.2, -0.15) is 0 Å². The second kappa shape index (κ2) is 5.46. The number of halogens is 1. The summed E-state index contributed by atoms with van der Waals surface area (Å²) in [7, 11) is 0. The van der Waals surface area contributed by atoms with Crippen molar-refractivity contribution in [1.82, 2.24) is 10.2 Å². The van der Waals surface area contributed by atoms with Gasteiger partial charge in [0.1, 0.15) is 5.58 Å². The lowest BCUT2D eigenvalue weighted by atomic mass is 10.1. The van der Waals surface area contributed by atoms with Crippen molar-refractivity contribution < 1.29 is 9.21 Å². The molecule has 21 heavy (non-hydrogen) atoms. The number of benzene rings is 1. The van der Waals surface area contributed by atoms with Crippen molar-refractivity contribution in [2.75, 3.05) is 13.1 Å². The Balaban J connectivity index is 2.00. The number of carbonyl (C=O) groups excluding carboxylic acids is 1. The summed E-state index contributed by atoms with van der Waals surface area (Å²) in [6.07, 6.45) is 0. The van der Waals surface area contributed by atoms with Gasteiger partial charge in [-0.15, -0.1) is 0 Å². The van der Waals surface area contributed by atoms with Crippen LogP contribution in [-0.4, -0.2) is 36.0 Å². The highest BCUT2D eigenvalue weighted by Crippen LogP contribution is 2.29. The highest BCUT2D eigenvalue weighted by molar-refractivity contribution is 9.10. The number of rotatable bonds is 1. The Bertz CT molecular complexity index is 695. The molecule has 1 fully saturated rings. The first-order valence-electron chi connectivity index (χ1n) is 7.22. The van der Waals surface area contributed by atoms with E-state index in [9.17, 15) is 4.79 Å². The number of aryl methyl sites for hydroxylation is 1. The zero-order valence-electron chi connectivity index (χ0n) is 12.4. The molecule has 5 heteroatoms. The molecule has 0 radical (unpaired) electrons. The molecule has 2 unspecified atom stereocenters. The van der Waals surface area contributed by atoms with E-state index in [0.29, 0.717) is 18.3 Å². The minimum Gasteiger partial charge on any atom is -0.451 e. The fourth-order valence-corrected chi connectivity index (χ4v) is 3.23. The van der Waals surface area contributed by atoms with Crippen LogP contribution in [0, 0.1) is 6.92 Å². The van der Waals surface area contributed by atoms with Crippen molar-refractivity contribution >= 4 is 32.8 Å².